The smallest absolute Gasteiger partial charge is 0.269 e. The maximum absolute atomic E-state index is 10.6. The molecule has 0 amide bonds. The molecular formula is C17H19N3O3S. The van der Waals surface area contributed by atoms with Gasteiger partial charge in [-0.15, -0.1) is 0 Å². The van der Waals surface area contributed by atoms with Gasteiger partial charge < -0.3 is 15.7 Å². The lowest BCUT2D eigenvalue weighted by atomic mass is 10.1. The molecule has 3 N–H and O–H groups in total. The number of rotatable bonds is 5. The van der Waals surface area contributed by atoms with Crippen LogP contribution in [-0.2, 0) is 0 Å². The van der Waals surface area contributed by atoms with Crippen LogP contribution in [0.25, 0.3) is 0 Å². The van der Waals surface area contributed by atoms with Crippen LogP contribution in [0, 0.1) is 24.0 Å². The van der Waals surface area contributed by atoms with Gasteiger partial charge in [-0.25, -0.2) is 0 Å². The topological polar surface area (TPSA) is 87.4 Å². The number of nitrogens with zero attached hydrogens (tertiary/aromatic N) is 1. The number of nitro benzene ring substituents is 1. The van der Waals surface area contributed by atoms with Crippen LogP contribution in [0.15, 0.2) is 42.5 Å². The van der Waals surface area contributed by atoms with Crippen molar-refractivity contribution >= 4 is 28.7 Å². The van der Waals surface area contributed by atoms with Crippen LogP contribution >= 0.6 is 12.2 Å². The number of anilines is 1. The van der Waals surface area contributed by atoms with Crippen molar-refractivity contribution in [3.63, 3.8) is 0 Å². The summed E-state index contributed by atoms with van der Waals surface area (Å²) in [5.74, 6) is 0. The minimum absolute atomic E-state index is 0.00848. The van der Waals surface area contributed by atoms with E-state index < -0.39 is 11.0 Å². The number of aliphatic hydroxyl groups is 1. The third-order valence-electron chi connectivity index (χ3n) is 3.71. The highest BCUT2D eigenvalue weighted by Crippen LogP contribution is 2.17. The molecule has 24 heavy (non-hydrogen) atoms. The fourth-order valence-electron chi connectivity index (χ4n) is 2.12. The van der Waals surface area contributed by atoms with E-state index in [2.05, 4.69) is 10.6 Å². The van der Waals surface area contributed by atoms with Crippen LogP contribution in [0.3, 0.4) is 0 Å². The number of thiocarbonyl (C=S) groups is 1. The summed E-state index contributed by atoms with van der Waals surface area (Å²) in [6.07, 6.45) is -0.815. The molecule has 1 atom stereocenters. The summed E-state index contributed by atoms with van der Waals surface area (Å²) in [5.41, 5.74) is 3.81. The van der Waals surface area contributed by atoms with Crippen molar-refractivity contribution < 1.29 is 10.0 Å². The van der Waals surface area contributed by atoms with E-state index in [9.17, 15) is 15.2 Å². The summed E-state index contributed by atoms with van der Waals surface area (Å²) in [6.45, 7) is 4.26. The van der Waals surface area contributed by atoms with E-state index >= 15 is 0 Å². The molecule has 0 aromatic heterocycles. The van der Waals surface area contributed by atoms with Gasteiger partial charge in [0.2, 0.25) is 0 Å². The molecule has 0 heterocycles. The van der Waals surface area contributed by atoms with E-state index in [4.69, 9.17) is 12.2 Å². The molecule has 0 saturated carbocycles. The second-order valence-corrected chi connectivity index (χ2v) is 5.91. The standard InChI is InChI=1S/C17H19N3O3S/c1-11-3-6-14(9-12(11)2)19-17(24)18-10-16(21)13-4-7-15(8-5-13)20(22)23/h3-9,16,21H,10H2,1-2H3,(H2,18,19,24). The summed E-state index contributed by atoms with van der Waals surface area (Å²) in [5, 5.41) is 27.1. The zero-order valence-corrected chi connectivity index (χ0v) is 14.3. The van der Waals surface area contributed by atoms with Gasteiger partial charge in [0.25, 0.3) is 5.69 Å². The van der Waals surface area contributed by atoms with E-state index in [0.29, 0.717) is 10.7 Å². The average Bonchev–Trinajstić information content (AvgIpc) is 2.56. The SMILES string of the molecule is Cc1ccc(NC(=S)NCC(O)c2ccc([N+](=O)[O-])cc2)cc1C. The van der Waals surface area contributed by atoms with Gasteiger partial charge in [0, 0.05) is 24.4 Å². The Morgan fingerprint density at radius 1 is 1.21 bits per heavy atom. The summed E-state index contributed by atoms with van der Waals surface area (Å²) in [4.78, 5) is 10.1. The zero-order valence-electron chi connectivity index (χ0n) is 13.4. The molecule has 126 valence electrons. The molecule has 0 aliphatic heterocycles. The number of nitro groups is 1. The Labute approximate surface area is 145 Å². The Morgan fingerprint density at radius 2 is 1.88 bits per heavy atom. The summed E-state index contributed by atoms with van der Waals surface area (Å²) >= 11 is 5.21. The highest BCUT2D eigenvalue weighted by atomic mass is 32.1. The highest BCUT2D eigenvalue weighted by molar-refractivity contribution is 7.80. The quantitative estimate of drug-likeness (QED) is 0.438. The number of nitrogens with one attached hydrogen (secondary N) is 2. The number of hydrogen-bond acceptors (Lipinski definition) is 4. The fourth-order valence-corrected chi connectivity index (χ4v) is 2.32. The molecule has 2 aromatic rings. The Bertz CT molecular complexity index is 747. The Hall–Kier alpha value is -2.51. The van der Waals surface area contributed by atoms with Crippen molar-refractivity contribution in [1.29, 1.82) is 0 Å². The van der Waals surface area contributed by atoms with Crippen LogP contribution in [0.4, 0.5) is 11.4 Å². The number of non-ortho nitro benzene ring substituents is 1. The maximum atomic E-state index is 10.6. The van der Waals surface area contributed by atoms with Gasteiger partial charge in [-0.1, -0.05) is 6.07 Å². The Balaban J connectivity index is 1.88. The molecule has 1 unspecified atom stereocenters. The second-order valence-electron chi connectivity index (χ2n) is 5.50. The number of aliphatic hydroxyl groups excluding tert-OH is 1. The molecular weight excluding hydrogens is 326 g/mol. The van der Waals surface area contributed by atoms with Crippen LogP contribution in [-0.4, -0.2) is 21.7 Å². The predicted octanol–water partition coefficient (Wildman–Crippen LogP) is 3.23. The molecule has 2 rings (SSSR count). The van der Waals surface area contributed by atoms with Crippen LogP contribution in [0.2, 0.25) is 0 Å². The number of benzene rings is 2. The maximum Gasteiger partial charge on any atom is 0.269 e. The van der Waals surface area contributed by atoms with Crippen molar-refractivity contribution in [3.05, 3.63) is 69.3 Å². The zero-order chi connectivity index (χ0) is 17.7. The van der Waals surface area contributed by atoms with E-state index in [1.54, 1.807) is 0 Å². The monoisotopic (exact) mass is 345 g/mol. The van der Waals surface area contributed by atoms with E-state index in [0.717, 1.165) is 11.3 Å². The summed E-state index contributed by atoms with van der Waals surface area (Å²) in [7, 11) is 0. The van der Waals surface area contributed by atoms with Gasteiger partial charge in [-0.3, -0.25) is 10.1 Å². The van der Waals surface area contributed by atoms with Gasteiger partial charge in [0.05, 0.1) is 11.0 Å². The minimum Gasteiger partial charge on any atom is -0.387 e. The van der Waals surface area contributed by atoms with Crippen LogP contribution in [0.1, 0.15) is 22.8 Å². The Kier molecular flexibility index (Phi) is 5.83. The van der Waals surface area contributed by atoms with Crippen molar-refractivity contribution in [2.24, 2.45) is 0 Å². The minimum atomic E-state index is -0.815. The predicted molar refractivity (Wildman–Crippen MR) is 98.2 cm³/mol. The first-order valence-electron chi connectivity index (χ1n) is 7.41. The second kappa shape index (κ2) is 7.85. The molecule has 6 nitrogen and oxygen atoms in total. The molecule has 0 aliphatic carbocycles. The van der Waals surface area contributed by atoms with Crippen LogP contribution < -0.4 is 10.6 Å². The van der Waals surface area contributed by atoms with Gasteiger partial charge in [-0.05, 0) is 67.0 Å². The number of aryl methyl sites for hydroxylation is 2. The largest absolute Gasteiger partial charge is 0.387 e. The van der Waals surface area contributed by atoms with Gasteiger partial charge in [0.1, 0.15) is 0 Å². The van der Waals surface area contributed by atoms with Gasteiger partial charge in [0.15, 0.2) is 5.11 Å². The van der Waals surface area contributed by atoms with Crippen molar-refractivity contribution in [3.8, 4) is 0 Å². The molecule has 0 saturated heterocycles. The number of hydrogen-bond donors (Lipinski definition) is 3. The highest BCUT2D eigenvalue weighted by Gasteiger charge is 2.11. The normalized spacial score (nSPS) is 11.6. The summed E-state index contributed by atoms with van der Waals surface area (Å²) in [6, 6.07) is 11.7. The lowest BCUT2D eigenvalue weighted by Crippen LogP contribution is -2.32. The molecule has 0 fully saturated rings. The Morgan fingerprint density at radius 3 is 2.46 bits per heavy atom. The third-order valence-corrected chi connectivity index (χ3v) is 3.96. The first-order chi connectivity index (χ1) is 11.4. The van der Waals surface area contributed by atoms with Crippen LogP contribution in [0.5, 0.6) is 0 Å². The van der Waals surface area contributed by atoms with Crippen molar-refractivity contribution in [1.82, 2.24) is 5.32 Å². The lowest BCUT2D eigenvalue weighted by Gasteiger charge is -2.15. The fraction of sp³-hybridized carbons (Fsp3) is 0.235. The average molecular weight is 345 g/mol. The van der Waals surface area contributed by atoms with Gasteiger partial charge >= 0.3 is 0 Å². The molecule has 0 spiro atoms. The van der Waals surface area contributed by atoms with E-state index in [-0.39, 0.29) is 12.2 Å². The summed E-state index contributed by atoms with van der Waals surface area (Å²) < 4.78 is 0. The molecule has 7 heteroatoms. The molecule has 2 aromatic carbocycles. The van der Waals surface area contributed by atoms with Crippen molar-refractivity contribution in [2.45, 2.75) is 20.0 Å². The van der Waals surface area contributed by atoms with Crippen molar-refractivity contribution in [2.75, 3.05) is 11.9 Å². The van der Waals surface area contributed by atoms with E-state index in [1.807, 2.05) is 32.0 Å². The first kappa shape index (κ1) is 17.8. The molecule has 0 bridgehead atoms. The molecule has 0 radical (unpaired) electrons. The lowest BCUT2D eigenvalue weighted by molar-refractivity contribution is -0.384. The van der Waals surface area contributed by atoms with E-state index in [1.165, 1.54) is 29.8 Å². The third kappa shape index (κ3) is 4.74. The first-order valence-corrected chi connectivity index (χ1v) is 7.82. The molecule has 0 aliphatic rings. The van der Waals surface area contributed by atoms with Gasteiger partial charge in [-0.2, -0.15) is 0 Å².